The molecule has 110 valence electrons. The fourth-order valence-corrected chi connectivity index (χ4v) is 2.36. The van der Waals surface area contributed by atoms with Crippen LogP contribution in [0.15, 0.2) is 18.3 Å². The predicted molar refractivity (Wildman–Crippen MR) is 78.1 cm³/mol. The van der Waals surface area contributed by atoms with Gasteiger partial charge in [0.05, 0.1) is 7.11 Å². The monoisotopic (exact) mass is 278 g/mol. The van der Waals surface area contributed by atoms with E-state index in [0.29, 0.717) is 11.6 Å². The molecule has 1 fully saturated rings. The Labute approximate surface area is 119 Å². The molecule has 1 atom stereocenters. The highest BCUT2D eigenvalue weighted by Crippen LogP contribution is 2.16. The number of methoxy groups -OCH3 is 1. The molecule has 1 unspecified atom stereocenters. The molecule has 2 amide bonds. The maximum Gasteiger partial charge on any atom is 0.321 e. The molecule has 2 rings (SSSR count). The van der Waals surface area contributed by atoms with Gasteiger partial charge in [-0.15, -0.1) is 0 Å². The van der Waals surface area contributed by atoms with E-state index in [1.54, 1.807) is 30.3 Å². The highest BCUT2D eigenvalue weighted by molar-refractivity contribution is 5.89. The van der Waals surface area contributed by atoms with Crippen molar-refractivity contribution in [3.8, 4) is 5.88 Å². The number of amides is 2. The quantitative estimate of drug-likeness (QED) is 0.883. The summed E-state index contributed by atoms with van der Waals surface area (Å²) in [6.45, 7) is 2.00. The zero-order chi connectivity index (χ0) is 14.4. The lowest BCUT2D eigenvalue weighted by atomic mass is 10.1. The largest absolute Gasteiger partial charge is 0.481 e. The van der Waals surface area contributed by atoms with Gasteiger partial charge in [0.15, 0.2) is 0 Å². The van der Waals surface area contributed by atoms with Crippen LogP contribution in [-0.2, 0) is 0 Å². The number of carbonyl (C=O) groups excluding carboxylic acids is 1. The van der Waals surface area contributed by atoms with Gasteiger partial charge in [0.25, 0.3) is 0 Å². The van der Waals surface area contributed by atoms with E-state index >= 15 is 0 Å². The number of carbonyl (C=O) groups is 1. The van der Waals surface area contributed by atoms with Crippen molar-refractivity contribution in [1.82, 2.24) is 15.2 Å². The standard InChI is InChI=1S/C14H22N4O2/c1-18(12-4-3-7-15-8-6-12)14(19)17-11-5-9-16-13(10-11)20-2/h5,9-10,12,15H,3-4,6-8H2,1-2H3,(H,16,17,19). The second kappa shape index (κ2) is 7.09. The summed E-state index contributed by atoms with van der Waals surface area (Å²) in [5, 5.41) is 6.23. The number of hydrogen-bond acceptors (Lipinski definition) is 4. The number of nitrogens with zero attached hydrogens (tertiary/aromatic N) is 2. The van der Waals surface area contributed by atoms with E-state index in [-0.39, 0.29) is 12.1 Å². The minimum atomic E-state index is -0.0925. The Morgan fingerprint density at radius 3 is 3.15 bits per heavy atom. The van der Waals surface area contributed by atoms with Gasteiger partial charge >= 0.3 is 6.03 Å². The van der Waals surface area contributed by atoms with E-state index in [4.69, 9.17) is 4.74 Å². The Balaban J connectivity index is 1.95. The van der Waals surface area contributed by atoms with E-state index in [9.17, 15) is 4.79 Å². The predicted octanol–water partition coefficient (Wildman–Crippen LogP) is 1.70. The molecule has 1 saturated heterocycles. The number of pyridine rings is 1. The summed E-state index contributed by atoms with van der Waals surface area (Å²) >= 11 is 0. The number of hydrogen-bond donors (Lipinski definition) is 2. The summed E-state index contributed by atoms with van der Waals surface area (Å²) in [5.74, 6) is 0.490. The third-order valence-corrected chi connectivity index (χ3v) is 3.61. The highest BCUT2D eigenvalue weighted by atomic mass is 16.5. The van der Waals surface area contributed by atoms with E-state index < -0.39 is 0 Å². The van der Waals surface area contributed by atoms with E-state index in [1.807, 2.05) is 7.05 Å². The molecule has 0 saturated carbocycles. The van der Waals surface area contributed by atoms with Crippen molar-refractivity contribution >= 4 is 11.7 Å². The van der Waals surface area contributed by atoms with Gasteiger partial charge in [-0.25, -0.2) is 9.78 Å². The number of aromatic nitrogens is 1. The first kappa shape index (κ1) is 14.6. The number of urea groups is 1. The first-order valence-electron chi connectivity index (χ1n) is 6.95. The normalized spacial score (nSPS) is 19.0. The van der Waals surface area contributed by atoms with Crippen LogP contribution >= 0.6 is 0 Å². The van der Waals surface area contributed by atoms with Crippen LogP contribution in [0.1, 0.15) is 19.3 Å². The van der Waals surface area contributed by atoms with Crippen LogP contribution in [-0.4, -0.2) is 49.2 Å². The number of rotatable bonds is 3. The van der Waals surface area contributed by atoms with Gasteiger partial charge in [-0.3, -0.25) is 0 Å². The van der Waals surface area contributed by atoms with Gasteiger partial charge in [-0.05, 0) is 38.4 Å². The van der Waals surface area contributed by atoms with Crippen LogP contribution in [0.25, 0.3) is 0 Å². The van der Waals surface area contributed by atoms with Crippen molar-refractivity contribution in [2.45, 2.75) is 25.3 Å². The molecule has 0 aliphatic carbocycles. The molecule has 6 heteroatoms. The molecule has 1 aromatic rings. The summed E-state index contributed by atoms with van der Waals surface area (Å²) in [4.78, 5) is 18.1. The Bertz CT molecular complexity index is 445. The summed E-state index contributed by atoms with van der Waals surface area (Å²) in [5.41, 5.74) is 0.695. The van der Waals surface area contributed by atoms with Crippen LogP contribution in [0.5, 0.6) is 5.88 Å². The Morgan fingerprint density at radius 1 is 1.50 bits per heavy atom. The summed E-state index contributed by atoms with van der Waals surface area (Å²) in [6.07, 6.45) is 4.75. The van der Waals surface area contributed by atoms with Gasteiger partial charge in [-0.1, -0.05) is 0 Å². The van der Waals surface area contributed by atoms with Crippen molar-refractivity contribution in [2.75, 3.05) is 32.6 Å². The molecule has 0 spiro atoms. The summed E-state index contributed by atoms with van der Waals surface area (Å²) in [7, 11) is 3.41. The first-order valence-corrected chi connectivity index (χ1v) is 6.95. The smallest absolute Gasteiger partial charge is 0.321 e. The van der Waals surface area contributed by atoms with Gasteiger partial charge < -0.3 is 20.3 Å². The number of nitrogens with one attached hydrogen (secondary N) is 2. The molecule has 1 aromatic heterocycles. The van der Waals surface area contributed by atoms with Crippen LogP contribution in [0.2, 0.25) is 0 Å². The average Bonchev–Trinajstić information content (AvgIpc) is 2.75. The summed E-state index contributed by atoms with van der Waals surface area (Å²) < 4.78 is 5.05. The SMILES string of the molecule is COc1cc(NC(=O)N(C)C2CCCNCC2)ccn1. The van der Waals surface area contributed by atoms with E-state index in [1.165, 1.54) is 0 Å². The van der Waals surface area contributed by atoms with Gasteiger partial charge in [-0.2, -0.15) is 0 Å². The maximum atomic E-state index is 12.3. The highest BCUT2D eigenvalue weighted by Gasteiger charge is 2.21. The number of ether oxygens (including phenoxy) is 1. The third kappa shape index (κ3) is 3.84. The third-order valence-electron chi connectivity index (χ3n) is 3.61. The fraction of sp³-hybridized carbons (Fsp3) is 0.571. The zero-order valence-corrected chi connectivity index (χ0v) is 12.1. The fourth-order valence-electron chi connectivity index (χ4n) is 2.36. The Morgan fingerprint density at radius 2 is 2.35 bits per heavy atom. The van der Waals surface area contributed by atoms with E-state index in [0.717, 1.165) is 32.4 Å². The van der Waals surface area contributed by atoms with Crippen molar-refractivity contribution in [2.24, 2.45) is 0 Å². The molecular weight excluding hydrogens is 256 g/mol. The minimum absolute atomic E-state index is 0.0925. The van der Waals surface area contributed by atoms with Gasteiger partial charge in [0, 0.05) is 31.0 Å². The van der Waals surface area contributed by atoms with Gasteiger partial charge in [0.2, 0.25) is 5.88 Å². The van der Waals surface area contributed by atoms with Crippen LogP contribution in [0.4, 0.5) is 10.5 Å². The van der Waals surface area contributed by atoms with Crippen molar-refractivity contribution in [1.29, 1.82) is 0 Å². The van der Waals surface area contributed by atoms with Crippen molar-refractivity contribution in [3.63, 3.8) is 0 Å². The first-order chi connectivity index (χ1) is 9.70. The van der Waals surface area contributed by atoms with Crippen molar-refractivity contribution in [3.05, 3.63) is 18.3 Å². The maximum absolute atomic E-state index is 12.3. The second-order valence-corrected chi connectivity index (χ2v) is 4.96. The van der Waals surface area contributed by atoms with Crippen LogP contribution in [0, 0.1) is 0 Å². The Kier molecular flexibility index (Phi) is 5.17. The molecule has 6 nitrogen and oxygen atoms in total. The van der Waals surface area contributed by atoms with Crippen LogP contribution < -0.4 is 15.4 Å². The molecule has 1 aliphatic rings. The average molecular weight is 278 g/mol. The molecule has 0 radical (unpaired) electrons. The Hall–Kier alpha value is -1.82. The summed E-state index contributed by atoms with van der Waals surface area (Å²) in [6, 6.07) is 3.66. The lowest BCUT2D eigenvalue weighted by Crippen LogP contribution is -2.40. The molecule has 2 heterocycles. The molecule has 1 aliphatic heterocycles. The number of anilines is 1. The zero-order valence-electron chi connectivity index (χ0n) is 12.1. The molecule has 0 bridgehead atoms. The van der Waals surface area contributed by atoms with Crippen molar-refractivity contribution < 1.29 is 9.53 Å². The topological polar surface area (TPSA) is 66.5 Å². The molecular formula is C14H22N4O2. The van der Waals surface area contributed by atoms with E-state index in [2.05, 4.69) is 15.6 Å². The lowest BCUT2D eigenvalue weighted by Gasteiger charge is -2.27. The van der Waals surface area contributed by atoms with Gasteiger partial charge in [0.1, 0.15) is 0 Å². The lowest BCUT2D eigenvalue weighted by molar-refractivity contribution is 0.198. The molecule has 20 heavy (non-hydrogen) atoms. The molecule has 2 N–H and O–H groups in total. The minimum Gasteiger partial charge on any atom is -0.481 e. The second-order valence-electron chi connectivity index (χ2n) is 4.96. The molecule has 0 aromatic carbocycles. The van der Waals surface area contributed by atoms with Crippen LogP contribution in [0.3, 0.4) is 0 Å².